The van der Waals surface area contributed by atoms with E-state index in [0.29, 0.717) is 0 Å². The van der Waals surface area contributed by atoms with E-state index in [0.717, 1.165) is 6.04 Å². The molecule has 0 aliphatic heterocycles. The van der Waals surface area contributed by atoms with Crippen molar-refractivity contribution in [2.75, 3.05) is 5.32 Å². The fraction of sp³-hybridized carbons (Fsp3) is 0.400. The molecular formula is C10H12IN. The van der Waals surface area contributed by atoms with Crippen molar-refractivity contribution in [2.45, 2.75) is 25.8 Å². The number of anilines is 1. The molecule has 1 N–H and O–H groups in total. The molecule has 0 atom stereocenters. The zero-order valence-electron chi connectivity index (χ0n) is 7.10. The van der Waals surface area contributed by atoms with Crippen LogP contribution in [0, 0.1) is 10.5 Å². The van der Waals surface area contributed by atoms with Crippen LogP contribution < -0.4 is 5.32 Å². The summed E-state index contributed by atoms with van der Waals surface area (Å²) in [6.07, 6.45) is 2.68. The van der Waals surface area contributed by atoms with Crippen molar-refractivity contribution in [3.05, 3.63) is 27.3 Å². The highest BCUT2D eigenvalue weighted by molar-refractivity contribution is 14.1. The molecule has 0 spiro atoms. The Morgan fingerprint density at radius 1 is 1.42 bits per heavy atom. The minimum Gasteiger partial charge on any atom is -0.382 e. The maximum atomic E-state index is 3.48. The van der Waals surface area contributed by atoms with Crippen molar-refractivity contribution in [2.24, 2.45) is 0 Å². The zero-order chi connectivity index (χ0) is 8.55. The quantitative estimate of drug-likeness (QED) is 0.816. The lowest BCUT2D eigenvalue weighted by Gasteiger charge is -2.05. The van der Waals surface area contributed by atoms with Gasteiger partial charge in [0.15, 0.2) is 0 Å². The smallest absolute Gasteiger partial charge is 0.0353 e. The second kappa shape index (κ2) is 3.24. The molecule has 1 aliphatic carbocycles. The van der Waals surface area contributed by atoms with Crippen molar-refractivity contribution in [1.82, 2.24) is 0 Å². The molecule has 0 radical (unpaired) electrons. The molecule has 2 heteroatoms. The summed E-state index contributed by atoms with van der Waals surface area (Å²) in [6.45, 7) is 2.14. The highest BCUT2D eigenvalue weighted by atomic mass is 127. The molecule has 1 aromatic rings. The van der Waals surface area contributed by atoms with E-state index in [1.54, 1.807) is 0 Å². The van der Waals surface area contributed by atoms with Crippen molar-refractivity contribution in [3.63, 3.8) is 0 Å². The lowest BCUT2D eigenvalue weighted by atomic mass is 10.2. The summed E-state index contributed by atoms with van der Waals surface area (Å²) < 4.78 is 1.35. The van der Waals surface area contributed by atoms with Gasteiger partial charge in [-0.25, -0.2) is 0 Å². The van der Waals surface area contributed by atoms with E-state index in [-0.39, 0.29) is 0 Å². The van der Waals surface area contributed by atoms with E-state index < -0.39 is 0 Å². The van der Waals surface area contributed by atoms with Crippen LogP contribution in [0.15, 0.2) is 18.2 Å². The molecule has 1 aromatic carbocycles. The van der Waals surface area contributed by atoms with Crippen molar-refractivity contribution in [1.29, 1.82) is 0 Å². The molecule has 1 nitrogen and oxygen atoms in total. The number of hydrogen-bond acceptors (Lipinski definition) is 1. The Morgan fingerprint density at radius 2 is 2.17 bits per heavy atom. The predicted octanol–water partition coefficient (Wildman–Crippen LogP) is 3.17. The van der Waals surface area contributed by atoms with Gasteiger partial charge in [0.25, 0.3) is 0 Å². The summed E-state index contributed by atoms with van der Waals surface area (Å²) in [6, 6.07) is 7.31. The van der Waals surface area contributed by atoms with Crippen LogP contribution >= 0.6 is 22.6 Å². The van der Waals surface area contributed by atoms with Crippen LogP contribution in [0.5, 0.6) is 0 Å². The van der Waals surface area contributed by atoms with E-state index in [9.17, 15) is 0 Å². The Hall–Kier alpha value is -0.250. The molecule has 0 bridgehead atoms. The molecule has 2 rings (SSSR count). The molecular weight excluding hydrogens is 261 g/mol. The number of benzene rings is 1. The summed E-state index contributed by atoms with van der Waals surface area (Å²) in [7, 11) is 0. The molecule has 1 aliphatic rings. The second-order valence-corrected chi connectivity index (χ2v) is 4.54. The largest absolute Gasteiger partial charge is 0.382 e. The number of hydrogen-bond donors (Lipinski definition) is 1. The topological polar surface area (TPSA) is 12.0 Å². The van der Waals surface area contributed by atoms with Crippen LogP contribution in [0.1, 0.15) is 18.4 Å². The first-order valence-corrected chi connectivity index (χ1v) is 5.36. The van der Waals surface area contributed by atoms with E-state index in [4.69, 9.17) is 0 Å². The Kier molecular flexibility index (Phi) is 2.26. The van der Waals surface area contributed by atoms with Crippen LogP contribution in [-0.2, 0) is 0 Å². The third-order valence-corrected chi connectivity index (χ3v) is 3.28. The van der Waals surface area contributed by atoms with Gasteiger partial charge in [-0.3, -0.25) is 0 Å². The highest BCUT2D eigenvalue weighted by Crippen LogP contribution is 2.26. The summed E-state index contributed by atoms with van der Waals surface area (Å²) in [5, 5.41) is 3.48. The minimum atomic E-state index is 0.753. The summed E-state index contributed by atoms with van der Waals surface area (Å²) >= 11 is 2.38. The van der Waals surface area contributed by atoms with Gasteiger partial charge in [-0.05, 0) is 60.1 Å². The van der Waals surface area contributed by atoms with Crippen LogP contribution in [0.3, 0.4) is 0 Å². The van der Waals surface area contributed by atoms with Crippen LogP contribution in [-0.4, -0.2) is 6.04 Å². The van der Waals surface area contributed by atoms with Crippen molar-refractivity contribution >= 4 is 28.3 Å². The van der Waals surface area contributed by atoms with E-state index in [1.807, 2.05) is 0 Å². The van der Waals surface area contributed by atoms with Crippen molar-refractivity contribution < 1.29 is 0 Å². The Balaban J connectivity index is 2.15. The van der Waals surface area contributed by atoms with Gasteiger partial charge in [0.05, 0.1) is 0 Å². The molecule has 0 aromatic heterocycles. The second-order valence-electron chi connectivity index (χ2n) is 3.38. The fourth-order valence-electron chi connectivity index (χ4n) is 1.15. The lowest BCUT2D eigenvalue weighted by molar-refractivity contribution is 1.15. The van der Waals surface area contributed by atoms with Crippen molar-refractivity contribution in [3.8, 4) is 0 Å². The third-order valence-electron chi connectivity index (χ3n) is 2.12. The summed E-state index contributed by atoms with van der Waals surface area (Å²) in [5.74, 6) is 0. The van der Waals surface area contributed by atoms with Gasteiger partial charge in [0, 0.05) is 15.3 Å². The highest BCUT2D eigenvalue weighted by Gasteiger charge is 2.20. The van der Waals surface area contributed by atoms with Crippen LogP contribution in [0.25, 0.3) is 0 Å². The normalized spacial score (nSPS) is 16.2. The minimum absolute atomic E-state index is 0.753. The van der Waals surface area contributed by atoms with Gasteiger partial charge in [-0.15, -0.1) is 0 Å². The SMILES string of the molecule is Cc1ccc(NC2CC2)cc1I. The standard InChI is InChI=1S/C10H12IN/c1-7-2-3-9(6-10(7)11)12-8-4-5-8/h2-3,6,8,12H,4-5H2,1H3. The first-order valence-electron chi connectivity index (χ1n) is 4.28. The maximum Gasteiger partial charge on any atom is 0.0353 e. The van der Waals surface area contributed by atoms with Gasteiger partial charge in [0.2, 0.25) is 0 Å². The van der Waals surface area contributed by atoms with E-state index >= 15 is 0 Å². The number of halogens is 1. The van der Waals surface area contributed by atoms with Gasteiger partial charge in [0.1, 0.15) is 0 Å². The molecule has 0 saturated heterocycles. The average Bonchev–Trinajstić information content (AvgIpc) is 2.81. The first kappa shape index (κ1) is 8.35. The third kappa shape index (κ3) is 1.91. The molecule has 1 saturated carbocycles. The van der Waals surface area contributed by atoms with E-state index in [2.05, 4.69) is 53.0 Å². The van der Waals surface area contributed by atoms with Crippen LogP contribution in [0.2, 0.25) is 0 Å². The number of aryl methyl sites for hydroxylation is 1. The zero-order valence-corrected chi connectivity index (χ0v) is 9.26. The van der Waals surface area contributed by atoms with Gasteiger partial charge < -0.3 is 5.32 Å². The van der Waals surface area contributed by atoms with Gasteiger partial charge >= 0.3 is 0 Å². The number of nitrogens with one attached hydrogen (secondary N) is 1. The van der Waals surface area contributed by atoms with Gasteiger partial charge in [-0.2, -0.15) is 0 Å². The maximum absolute atomic E-state index is 3.48. The summed E-state index contributed by atoms with van der Waals surface area (Å²) in [4.78, 5) is 0. The molecule has 0 unspecified atom stereocenters. The van der Waals surface area contributed by atoms with E-state index in [1.165, 1.54) is 27.7 Å². The molecule has 12 heavy (non-hydrogen) atoms. The summed E-state index contributed by atoms with van der Waals surface area (Å²) in [5.41, 5.74) is 2.63. The number of rotatable bonds is 2. The lowest BCUT2D eigenvalue weighted by Crippen LogP contribution is -2.00. The first-order chi connectivity index (χ1) is 5.75. The Morgan fingerprint density at radius 3 is 2.75 bits per heavy atom. The monoisotopic (exact) mass is 273 g/mol. The van der Waals surface area contributed by atoms with Crippen LogP contribution in [0.4, 0.5) is 5.69 Å². The average molecular weight is 273 g/mol. The Labute approximate surface area is 86.7 Å². The molecule has 1 fully saturated rings. The molecule has 64 valence electrons. The van der Waals surface area contributed by atoms with Gasteiger partial charge in [-0.1, -0.05) is 6.07 Å². The molecule has 0 amide bonds. The molecule has 0 heterocycles. The fourth-order valence-corrected chi connectivity index (χ4v) is 1.66. The predicted molar refractivity (Wildman–Crippen MR) is 60.5 cm³/mol. The Bertz CT molecular complexity index is 292.